The normalized spacial score (nSPS) is 22.5. The Morgan fingerprint density at radius 2 is 2.00 bits per heavy atom. The molecular formula is C14H16ClF2NO. The molecule has 1 amide bonds. The Morgan fingerprint density at radius 3 is 2.63 bits per heavy atom. The van der Waals surface area contributed by atoms with Crippen molar-refractivity contribution in [1.29, 1.82) is 0 Å². The molecule has 2 atom stereocenters. The standard InChI is InChI=1S/C14H16ClF2NO/c15-8-9-3-1-6-13(9)18-14(19)7-10-11(16)4-2-5-12(10)17/h2,4-5,9,13H,1,3,6-8H2,(H,18,19). The van der Waals surface area contributed by atoms with E-state index in [-0.39, 0.29) is 29.9 Å². The fourth-order valence-electron chi connectivity index (χ4n) is 2.53. The van der Waals surface area contributed by atoms with Crippen LogP contribution in [0.5, 0.6) is 0 Å². The van der Waals surface area contributed by atoms with E-state index in [4.69, 9.17) is 11.6 Å². The van der Waals surface area contributed by atoms with Crippen LogP contribution in [0.15, 0.2) is 18.2 Å². The molecule has 0 saturated heterocycles. The minimum atomic E-state index is -0.685. The zero-order chi connectivity index (χ0) is 13.8. The second-order valence-corrected chi connectivity index (χ2v) is 5.20. The summed E-state index contributed by atoms with van der Waals surface area (Å²) in [5.41, 5.74) is -0.180. The Hall–Kier alpha value is -1.16. The molecule has 1 N–H and O–H groups in total. The van der Waals surface area contributed by atoms with E-state index in [1.54, 1.807) is 0 Å². The molecule has 19 heavy (non-hydrogen) atoms. The van der Waals surface area contributed by atoms with Gasteiger partial charge in [-0.2, -0.15) is 0 Å². The monoisotopic (exact) mass is 287 g/mol. The minimum Gasteiger partial charge on any atom is -0.353 e. The smallest absolute Gasteiger partial charge is 0.224 e. The van der Waals surface area contributed by atoms with Crippen LogP contribution in [0.3, 0.4) is 0 Å². The van der Waals surface area contributed by atoms with Crippen molar-refractivity contribution < 1.29 is 13.6 Å². The molecule has 2 nitrogen and oxygen atoms in total. The van der Waals surface area contributed by atoms with E-state index in [2.05, 4.69) is 5.32 Å². The van der Waals surface area contributed by atoms with Crippen molar-refractivity contribution in [3.05, 3.63) is 35.4 Å². The lowest BCUT2D eigenvalue weighted by molar-refractivity contribution is -0.121. The summed E-state index contributed by atoms with van der Waals surface area (Å²) in [4.78, 5) is 11.8. The van der Waals surface area contributed by atoms with Crippen LogP contribution in [0.25, 0.3) is 0 Å². The predicted molar refractivity (Wildman–Crippen MR) is 70.1 cm³/mol. The summed E-state index contributed by atoms with van der Waals surface area (Å²) in [5.74, 6) is -0.966. The number of amides is 1. The van der Waals surface area contributed by atoms with E-state index in [1.807, 2.05) is 0 Å². The molecule has 1 aromatic rings. The SMILES string of the molecule is O=C(Cc1c(F)cccc1F)NC1CCCC1CCl. The van der Waals surface area contributed by atoms with Gasteiger partial charge in [-0.1, -0.05) is 12.5 Å². The maximum atomic E-state index is 13.4. The Labute approximate surface area is 116 Å². The zero-order valence-electron chi connectivity index (χ0n) is 10.5. The summed E-state index contributed by atoms with van der Waals surface area (Å²) in [5, 5.41) is 2.83. The molecule has 0 aromatic heterocycles. The van der Waals surface area contributed by atoms with Crippen LogP contribution in [0.2, 0.25) is 0 Å². The highest BCUT2D eigenvalue weighted by atomic mass is 35.5. The molecule has 5 heteroatoms. The number of hydrogen-bond acceptors (Lipinski definition) is 1. The number of benzene rings is 1. The molecule has 1 aliphatic rings. The van der Waals surface area contributed by atoms with Gasteiger partial charge in [0, 0.05) is 17.5 Å². The van der Waals surface area contributed by atoms with Gasteiger partial charge in [0.15, 0.2) is 0 Å². The van der Waals surface area contributed by atoms with Gasteiger partial charge >= 0.3 is 0 Å². The second-order valence-electron chi connectivity index (χ2n) is 4.90. The maximum absolute atomic E-state index is 13.4. The molecule has 1 aromatic carbocycles. The zero-order valence-corrected chi connectivity index (χ0v) is 11.2. The third-order valence-electron chi connectivity index (χ3n) is 3.60. The summed E-state index contributed by atoms with van der Waals surface area (Å²) in [6.07, 6.45) is 2.62. The van der Waals surface area contributed by atoms with Gasteiger partial charge in [-0.25, -0.2) is 8.78 Å². The highest BCUT2D eigenvalue weighted by Crippen LogP contribution is 2.26. The number of nitrogens with one attached hydrogen (secondary N) is 1. The lowest BCUT2D eigenvalue weighted by Crippen LogP contribution is -2.39. The molecular weight excluding hydrogens is 272 g/mol. The average molecular weight is 288 g/mol. The fraction of sp³-hybridized carbons (Fsp3) is 0.500. The van der Waals surface area contributed by atoms with Gasteiger partial charge in [0.1, 0.15) is 11.6 Å². The van der Waals surface area contributed by atoms with Crippen LogP contribution in [0.1, 0.15) is 24.8 Å². The van der Waals surface area contributed by atoms with Gasteiger partial charge in [-0.3, -0.25) is 4.79 Å². The third-order valence-corrected chi connectivity index (χ3v) is 4.00. The van der Waals surface area contributed by atoms with E-state index in [1.165, 1.54) is 6.07 Å². The molecule has 1 aliphatic carbocycles. The fourth-order valence-corrected chi connectivity index (χ4v) is 2.90. The first-order valence-electron chi connectivity index (χ1n) is 6.40. The number of carbonyl (C=O) groups is 1. The summed E-state index contributed by atoms with van der Waals surface area (Å²) in [6, 6.07) is 3.62. The largest absolute Gasteiger partial charge is 0.353 e. The molecule has 2 rings (SSSR count). The van der Waals surface area contributed by atoms with Crippen molar-refractivity contribution >= 4 is 17.5 Å². The van der Waals surface area contributed by atoms with Crippen LogP contribution < -0.4 is 5.32 Å². The summed E-state index contributed by atoms with van der Waals surface area (Å²) in [7, 11) is 0. The number of alkyl halides is 1. The Bertz CT molecular complexity index is 447. The molecule has 1 fully saturated rings. The average Bonchev–Trinajstić information content (AvgIpc) is 2.81. The van der Waals surface area contributed by atoms with Crippen LogP contribution in [0, 0.1) is 17.6 Å². The van der Waals surface area contributed by atoms with Crippen molar-refractivity contribution in [2.45, 2.75) is 31.7 Å². The van der Waals surface area contributed by atoms with Crippen LogP contribution >= 0.6 is 11.6 Å². The van der Waals surface area contributed by atoms with E-state index in [0.29, 0.717) is 5.88 Å². The molecule has 2 unspecified atom stereocenters. The molecule has 0 aliphatic heterocycles. The summed E-state index contributed by atoms with van der Waals surface area (Å²) < 4.78 is 26.9. The van der Waals surface area contributed by atoms with E-state index in [0.717, 1.165) is 31.4 Å². The molecule has 0 spiro atoms. The highest BCUT2D eigenvalue weighted by molar-refractivity contribution is 6.18. The first-order valence-corrected chi connectivity index (χ1v) is 6.93. The van der Waals surface area contributed by atoms with Crippen molar-refractivity contribution in [2.24, 2.45) is 5.92 Å². The van der Waals surface area contributed by atoms with Crippen molar-refractivity contribution in [2.75, 3.05) is 5.88 Å². The molecule has 104 valence electrons. The third kappa shape index (κ3) is 3.44. The lowest BCUT2D eigenvalue weighted by atomic mass is 10.1. The summed E-state index contributed by atoms with van der Waals surface area (Å²) >= 11 is 5.83. The van der Waals surface area contributed by atoms with Gasteiger partial charge in [0.25, 0.3) is 0 Å². The van der Waals surface area contributed by atoms with Gasteiger partial charge in [0.05, 0.1) is 6.42 Å². The Kier molecular flexibility index (Phi) is 4.75. The Balaban J connectivity index is 1.98. The quantitative estimate of drug-likeness (QED) is 0.848. The number of halogens is 3. The van der Waals surface area contributed by atoms with Crippen LogP contribution in [0.4, 0.5) is 8.78 Å². The van der Waals surface area contributed by atoms with Crippen LogP contribution in [-0.4, -0.2) is 17.8 Å². The van der Waals surface area contributed by atoms with Crippen molar-refractivity contribution in [1.82, 2.24) is 5.32 Å². The van der Waals surface area contributed by atoms with E-state index >= 15 is 0 Å². The number of rotatable bonds is 4. The van der Waals surface area contributed by atoms with Gasteiger partial charge < -0.3 is 5.32 Å². The maximum Gasteiger partial charge on any atom is 0.224 e. The topological polar surface area (TPSA) is 29.1 Å². The van der Waals surface area contributed by atoms with Gasteiger partial charge in [-0.05, 0) is 30.9 Å². The predicted octanol–water partition coefficient (Wildman–Crippen LogP) is 3.03. The Morgan fingerprint density at radius 1 is 1.32 bits per heavy atom. The second kappa shape index (κ2) is 6.33. The first-order chi connectivity index (χ1) is 9.11. The number of hydrogen-bond donors (Lipinski definition) is 1. The molecule has 0 radical (unpaired) electrons. The molecule has 0 heterocycles. The van der Waals surface area contributed by atoms with E-state index < -0.39 is 11.6 Å². The highest BCUT2D eigenvalue weighted by Gasteiger charge is 2.28. The van der Waals surface area contributed by atoms with E-state index in [9.17, 15) is 13.6 Å². The number of carbonyl (C=O) groups excluding carboxylic acids is 1. The molecule has 0 bridgehead atoms. The lowest BCUT2D eigenvalue weighted by Gasteiger charge is -2.19. The first kappa shape index (κ1) is 14.3. The van der Waals surface area contributed by atoms with Crippen LogP contribution in [-0.2, 0) is 11.2 Å². The molecule has 1 saturated carbocycles. The minimum absolute atomic E-state index is 0.0276. The van der Waals surface area contributed by atoms with Crippen molar-refractivity contribution in [3.63, 3.8) is 0 Å². The van der Waals surface area contributed by atoms with Gasteiger partial charge in [0.2, 0.25) is 5.91 Å². The summed E-state index contributed by atoms with van der Waals surface area (Å²) in [6.45, 7) is 0. The van der Waals surface area contributed by atoms with Crippen molar-refractivity contribution in [3.8, 4) is 0 Å². The van der Waals surface area contributed by atoms with Gasteiger partial charge in [-0.15, -0.1) is 11.6 Å².